The van der Waals surface area contributed by atoms with Gasteiger partial charge >= 0.3 is 0 Å². The average molecular weight is 345 g/mol. The lowest BCUT2D eigenvalue weighted by atomic mass is 10.1. The maximum absolute atomic E-state index is 12.8. The second kappa shape index (κ2) is 9.36. The molecule has 0 spiro atoms. The molecule has 0 aliphatic heterocycles. The molecule has 0 bridgehead atoms. The van der Waals surface area contributed by atoms with E-state index in [0.717, 1.165) is 11.3 Å². The lowest BCUT2D eigenvalue weighted by Gasteiger charge is -2.07. The van der Waals surface area contributed by atoms with E-state index in [4.69, 9.17) is 0 Å². The molecule has 0 saturated heterocycles. The zero-order valence-corrected chi connectivity index (χ0v) is 13.7. The molecule has 2 rings (SSSR count). The maximum Gasteiger partial charge on any atom is 0.269 e. The summed E-state index contributed by atoms with van der Waals surface area (Å²) >= 11 is 0. The monoisotopic (exact) mass is 345 g/mol. The van der Waals surface area contributed by atoms with Crippen LogP contribution in [0.1, 0.15) is 18.4 Å². The number of amides is 1. The summed E-state index contributed by atoms with van der Waals surface area (Å²) in [4.78, 5) is 21.9. The van der Waals surface area contributed by atoms with Gasteiger partial charge in [-0.15, -0.1) is 0 Å². The zero-order chi connectivity index (χ0) is 18.1. The summed E-state index contributed by atoms with van der Waals surface area (Å²) in [6.07, 6.45) is 1.70. The molecule has 132 valence electrons. The molecule has 0 aliphatic carbocycles. The molecule has 6 nitrogen and oxygen atoms in total. The second-order valence-electron chi connectivity index (χ2n) is 5.56. The van der Waals surface area contributed by atoms with Crippen molar-refractivity contribution < 1.29 is 14.1 Å². The van der Waals surface area contributed by atoms with Gasteiger partial charge in [0, 0.05) is 37.3 Å². The topological polar surface area (TPSA) is 84.3 Å². The minimum atomic E-state index is -0.444. The van der Waals surface area contributed by atoms with Crippen LogP contribution in [0, 0.1) is 15.9 Å². The molecule has 0 saturated carbocycles. The van der Waals surface area contributed by atoms with Gasteiger partial charge in [-0.05, 0) is 42.7 Å². The summed E-state index contributed by atoms with van der Waals surface area (Å²) in [5.41, 5.74) is 1.80. The second-order valence-corrected chi connectivity index (χ2v) is 5.56. The fraction of sp³-hybridized carbons (Fsp3) is 0.278. The Kier molecular flexibility index (Phi) is 6.88. The number of non-ortho nitro benzene ring substituents is 1. The molecule has 2 aromatic rings. The van der Waals surface area contributed by atoms with Gasteiger partial charge in [-0.25, -0.2) is 4.39 Å². The maximum atomic E-state index is 12.8. The minimum absolute atomic E-state index is 0.0346. The van der Waals surface area contributed by atoms with Crippen molar-refractivity contribution in [3.63, 3.8) is 0 Å². The first-order chi connectivity index (χ1) is 12.0. The van der Waals surface area contributed by atoms with Crippen LogP contribution < -0.4 is 10.6 Å². The number of halogens is 1. The highest BCUT2D eigenvalue weighted by Gasteiger charge is 2.04. The third-order valence-corrected chi connectivity index (χ3v) is 3.64. The highest BCUT2D eigenvalue weighted by atomic mass is 19.1. The van der Waals surface area contributed by atoms with Crippen LogP contribution in [-0.4, -0.2) is 23.9 Å². The van der Waals surface area contributed by atoms with E-state index in [2.05, 4.69) is 10.6 Å². The number of carbonyl (C=O) groups is 1. The molecule has 2 N–H and O–H groups in total. The number of hydrogen-bond donors (Lipinski definition) is 2. The van der Waals surface area contributed by atoms with Gasteiger partial charge in [0.15, 0.2) is 0 Å². The SMILES string of the molecule is O=C(CCCNc1ccc([N+](=O)[O-])cc1)NCCc1ccc(F)cc1. The van der Waals surface area contributed by atoms with Crippen molar-refractivity contribution in [2.45, 2.75) is 19.3 Å². The largest absolute Gasteiger partial charge is 0.385 e. The number of hydrogen-bond acceptors (Lipinski definition) is 4. The van der Waals surface area contributed by atoms with Crippen molar-refractivity contribution in [1.82, 2.24) is 5.32 Å². The van der Waals surface area contributed by atoms with Crippen molar-refractivity contribution in [1.29, 1.82) is 0 Å². The quantitative estimate of drug-likeness (QED) is 0.415. The lowest BCUT2D eigenvalue weighted by molar-refractivity contribution is -0.384. The van der Waals surface area contributed by atoms with Crippen LogP contribution in [0.4, 0.5) is 15.8 Å². The number of carbonyl (C=O) groups excluding carboxylic acids is 1. The number of nitro groups is 1. The van der Waals surface area contributed by atoms with Crippen LogP contribution in [-0.2, 0) is 11.2 Å². The van der Waals surface area contributed by atoms with Crippen molar-refractivity contribution in [2.24, 2.45) is 0 Å². The summed E-state index contributed by atoms with van der Waals surface area (Å²) < 4.78 is 12.8. The Balaban J connectivity index is 1.58. The van der Waals surface area contributed by atoms with Gasteiger partial charge in [0.1, 0.15) is 5.82 Å². The molecule has 0 fully saturated rings. The molecule has 0 unspecified atom stereocenters. The molecule has 1 amide bonds. The van der Waals surface area contributed by atoms with Crippen LogP contribution in [0.2, 0.25) is 0 Å². The first kappa shape index (κ1) is 18.4. The fourth-order valence-electron chi connectivity index (χ4n) is 2.27. The number of rotatable bonds is 9. The third kappa shape index (κ3) is 6.58. The highest BCUT2D eigenvalue weighted by molar-refractivity contribution is 5.75. The van der Waals surface area contributed by atoms with Crippen LogP contribution in [0.15, 0.2) is 48.5 Å². The highest BCUT2D eigenvalue weighted by Crippen LogP contribution is 2.15. The Bertz CT molecular complexity index is 703. The minimum Gasteiger partial charge on any atom is -0.385 e. The molecule has 0 atom stereocenters. The van der Waals surface area contributed by atoms with Crippen molar-refractivity contribution in [3.8, 4) is 0 Å². The third-order valence-electron chi connectivity index (χ3n) is 3.64. The molecule has 0 radical (unpaired) electrons. The van der Waals surface area contributed by atoms with Gasteiger partial charge in [0.2, 0.25) is 5.91 Å². The lowest BCUT2D eigenvalue weighted by Crippen LogP contribution is -2.25. The van der Waals surface area contributed by atoms with Crippen LogP contribution in [0.5, 0.6) is 0 Å². The number of nitro benzene ring substituents is 1. The Hall–Kier alpha value is -2.96. The summed E-state index contributed by atoms with van der Waals surface area (Å²) in [5.74, 6) is -0.305. The summed E-state index contributed by atoms with van der Waals surface area (Å²) in [7, 11) is 0. The molecule has 0 aromatic heterocycles. The van der Waals surface area contributed by atoms with E-state index in [1.165, 1.54) is 24.3 Å². The standard InChI is InChI=1S/C18H20FN3O3/c19-15-5-3-14(4-6-15)11-13-21-18(23)2-1-12-20-16-7-9-17(10-8-16)22(24)25/h3-10,20H,1-2,11-13H2,(H,21,23). The smallest absolute Gasteiger partial charge is 0.269 e. The summed E-state index contributed by atoms with van der Waals surface area (Å²) in [5, 5.41) is 16.5. The van der Waals surface area contributed by atoms with Crippen molar-refractivity contribution >= 4 is 17.3 Å². The van der Waals surface area contributed by atoms with Crippen LogP contribution >= 0.6 is 0 Å². The van der Waals surface area contributed by atoms with Gasteiger partial charge in [-0.2, -0.15) is 0 Å². The number of nitrogens with one attached hydrogen (secondary N) is 2. The molecule has 2 aromatic carbocycles. The van der Waals surface area contributed by atoms with Gasteiger partial charge in [-0.3, -0.25) is 14.9 Å². The Morgan fingerprint density at radius 3 is 2.36 bits per heavy atom. The average Bonchev–Trinajstić information content (AvgIpc) is 2.61. The van der Waals surface area contributed by atoms with E-state index < -0.39 is 4.92 Å². The van der Waals surface area contributed by atoms with E-state index >= 15 is 0 Å². The van der Waals surface area contributed by atoms with E-state index in [1.807, 2.05) is 0 Å². The molecule has 7 heteroatoms. The van der Waals surface area contributed by atoms with E-state index in [-0.39, 0.29) is 17.4 Å². The Labute approximate surface area is 145 Å². The fourth-order valence-corrected chi connectivity index (χ4v) is 2.27. The predicted octanol–water partition coefficient (Wildman–Crippen LogP) is 3.28. The van der Waals surface area contributed by atoms with E-state index in [9.17, 15) is 19.3 Å². The van der Waals surface area contributed by atoms with Gasteiger partial charge < -0.3 is 10.6 Å². The van der Waals surface area contributed by atoms with Crippen LogP contribution in [0.25, 0.3) is 0 Å². The Morgan fingerprint density at radius 1 is 1.04 bits per heavy atom. The first-order valence-corrected chi connectivity index (χ1v) is 8.04. The molecule has 25 heavy (non-hydrogen) atoms. The van der Waals surface area contributed by atoms with E-state index in [1.54, 1.807) is 24.3 Å². The van der Waals surface area contributed by atoms with Gasteiger partial charge in [-0.1, -0.05) is 12.1 Å². The molecule has 0 heterocycles. The zero-order valence-electron chi connectivity index (χ0n) is 13.7. The number of benzene rings is 2. The van der Waals surface area contributed by atoms with Crippen molar-refractivity contribution in [2.75, 3.05) is 18.4 Å². The summed E-state index contributed by atoms with van der Waals surface area (Å²) in [6, 6.07) is 12.4. The summed E-state index contributed by atoms with van der Waals surface area (Å²) in [6.45, 7) is 1.11. The molecule has 0 aliphatic rings. The molecular weight excluding hydrogens is 325 g/mol. The van der Waals surface area contributed by atoms with E-state index in [0.29, 0.717) is 32.4 Å². The van der Waals surface area contributed by atoms with Gasteiger partial charge in [0.05, 0.1) is 4.92 Å². The number of nitrogens with zero attached hydrogens (tertiary/aromatic N) is 1. The molecular formula is C18H20FN3O3. The first-order valence-electron chi connectivity index (χ1n) is 8.04. The predicted molar refractivity (Wildman–Crippen MR) is 93.9 cm³/mol. The number of anilines is 1. The Morgan fingerprint density at radius 2 is 1.72 bits per heavy atom. The van der Waals surface area contributed by atoms with Crippen LogP contribution in [0.3, 0.4) is 0 Å². The van der Waals surface area contributed by atoms with Crippen molar-refractivity contribution in [3.05, 3.63) is 70.0 Å². The van der Waals surface area contributed by atoms with Gasteiger partial charge in [0.25, 0.3) is 5.69 Å². The normalized spacial score (nSPS) is 10.3.